The minimum atomic E-state index is 0.408. The van der Waals surface area contributed by atoms with Crippen LogP contribution < -0.4 is 10.6 Å². The smallest absolute Gasteiger partial charge is 0.262 e. The van der Waals surface area contributed by atoms with E-state index in [1.165, 1.54) is 0 Å². The molecule has 82 valence electrons. The number of nitrogens with zero attached hydrogens (tertiary/aromatic N) is 4. The van der Waals surface area contributed by atoms with Crippen LogP contribution in [0.3, 0.4) is 0 Å². The molecule has 6 heteroatoms. The fourth-order valence-corrected chi connectivity index (χ4v) is 1.18. The van der Waals surface area contributed by atoms with Gasteiger partial charge in [0.15, 0.2) is 0 Å². The van der Waals surface area contributed by atoms with Crippen LogP contribution >= 0.6 is 0 Å². The van der Waals surface area contributed by atoms with Gasteiger partial charge in [0, 0.05) is 13.6 Å². The average molecular weight is 216 g/mol. The van der Waals surface area contributed by atoms with Crippen LogP contribution in [0.1, 0.15) is 5.56 Å². The van der Waals surface area contributed by atoms with Gasteiger partial charge in [0.05, 0.1) is 0 Å². The van der Waals surface area contributed by atoms with Crippen LogP contribution in [0.2, 0.25) is 0 Å². The van der Waals surface area contributed by atoms with E-state index >= 15 is 0 Å². The number of nitrogens with one attached hydrogen (secondary N) is 2. The molecule has 0 saturated heterocycles. The van der Waals surface area contributed by atoms with Gasteiger partial charge in [-0.2, -0.15) is 0 Å². The Morgan fingerprint density at radius 3 is 2.19 bits per heavy atom. The van der Waals surface area contributed by atoms with E-state index in [-0.39, 0.29) is 0 Å². The summed E-state index contributed by atoms with van der Waals surface area (Å²) >= 11 is 0. The third kappa shape index (κ3) is 2.63. The molecule has 0 fully saturated rings. The zero-order valence-corrected chi connectivity index (χ0v) is 8.88. The molecule has 2 rings (SSSR count). The number of aromatic nitrogens is 4. The van der Waals surface area contributed by atoms with Crippen molar-refractivity contribution < 1.29 is 0 Å². The summed E-state index contributed by atoms with van der Waals surface area (Å²) in [5.41, 5.74) is 1.16. The molecule has 6 nitrogen and oxygen atoms in total. The molecule has 16 heavy (non-hydrogen) atoms. The molecular weight excluding hydrogens is 204 g/mol. The van der Waals surface area contributed by atoms with E-state index in [0.29, 0.717) is 18.4 Å². The highest BCUT2D eigenvalue weighted by molar-refractivity contribution is 5.27. The summed E-state index contributed by atoms with van der Waals surface area (Å²) in [7, 11) is 1.72. The summed E-state index contributed by atoms with van der Waals surface area (Å²) in [4.78, 5) is 0. The zero-order valence-electron chi connectivity index (χ0n) is 8.88. The van der Waals surface area contributed by atoms with E-state index in [4.69, 9.17) is 0 Å². The van der Waals surface area contributed by atoms with E-state index in [1.54, 1.807) is 7.05 Å². The highest BCUT2D eigenvalue weighted by Gasteiger charge is 1.98. The van der Waals surface area contributed by atoms with Crippen molar-refractivity contribution in [2.75, 3.05) is 17.7 Å². The lowest BCUT2D eigenvalue weighted by Gasteiger charge is -2.03. The molecule has 0 aliphatic rings. The Hall–Kier alpha value is -2.24. The summed E-state index contributed by atoms with van der Waals surface area (Å²) < 4.78 is 0. The lowest BCUT2D eigenvalue weighted by molar-refractivity contribution is 0.855. The van der Waals surface area contributed by atoms with Crippen molar-refractivity contribution in [3.8, 4) is 0 Å². The van der Waals surface area contributed by atoms with Crippen molar-refractivity contribution >= 4 is 11.9 Å². The first kappa shape index (κ1) is 10.3. The van der Waals surface area contributed by atoms with Crippen LogP contribution in [-0.4, -0.2) is 27.4 Å². The number of rotatable bonds is 4. The van der Waals surface area contributed by atoms with Gasteiger partial charge in [-0.1, -0.05) is 30.3 Å². The van der Waals surface area contributed by atoms with Crippen molar-refractivity contribution in [2.24, 2.45) is 0 Å². The molecule has 0 saturated carbocycles. The number of hydrogen-bond acceptors (Lipinski definition) is 6. The molecular formula is C10H12N6. The Balaban J connectivity index is 1.94. The molecule has 0 aliphatic carbocycles. The van der Waals surface area contributed by atoms with E-state index in [2.05, 4.69) is 31.0 Å². The summed E-state index contributed by atoms with van der Waals surface area (Å²) in [5.74, 6) is 0.827. The van der Waals surface area contributed by atoms with Crippen LogP contribution in [0.4, 0.5) is 11.9 Å². The van der Waals surface area contributed by atoms with Gasteiger partial charge in [-0.15, -0.1) is 20.4 Å². The Bertz CT molecular complexity index is 427. The molecule has 0 spiro atoms. The molecule has 1 heterocycles. The lowest BCUT2D eigenvalue weighted by Crippen LogP contribution is -2.08. The summed E-state index contributed by atoms with van der Waals surface area (Å²) in [6, 6.07) is 9.99. The van der Waals surface area contributed by atoms with Crippen molar-refractivity contribution in [3.05, 3.63) is 35.9 Å². The van der Waals surface area contributed by atoms with Gasteiger partial charge in [0.2, 0.25) is 0 Å². The zero-order chi connectivity index (χ0) is 11.2. The van der Waals surface area contributed by atoms with Crippen LogP contribution in [0.5, 0.6) is 0 Å². The Kier molecular flexibility index (Phi) is 3.22. The summed E-state index contributed by atoms with van der Waals surface area (Å²) in [6.45, 7) is 0.656. The van der Waals surface area contributed by atoms with Gasteiger partial charge in [-0.05, 0) is 5.56 Å². The van der Waals surface area contributed by atoms with Gasteiger partial charge < -0.3 is 10.6 Å². The molecule has 1 aromatic carbocycles. The highest BCUT2D eigenvalue weighted by atomic mass is 15.4. The van der Waals surface area contributed by atoms with E-state index in [1.807, 2.05) is 30.3 Å². The molecule has 0 amide bonds. The van der Waals surface area contributed by atoms with Gasteiger partial charge >= 0.3 is 0 Å². The second-order valence-electron chi connectivity index (χ2n) is 3.14. The Morgan fingerprint density at radius 1 is 0.938 bits per heavy atom. The van der Waals surface area contributed by atoms with E-state index < -0.39 is 0 Å². The predicted molar refractivity (Wildman–Crippen MR) is 60.9 cm³/mol. The third-order valence-corrected chi connectivity index (χ3v) is 2.00. The minimum absolute atomic E-state index is 0.408. The quantitative estimate of drug-likeness (QED) is 0.791. The number of anilines is 2. The van der Waals surface area contributed by atoms with Gasteiger partial charge in [0.25, 0.3) is 11.9 Å². The average Bonchev–Trinajstić information content (AvgIpc) is 2.38. The van der Waals surface area contributed by atoms with Gasteiger partial charge in [0.1, 0.15) is 0 Å². The molecule has 2 N–H and O–H groups in total. The monoisotopic (exact) mass is 216 g/mol. The van der Waals surface area contributed by atoms with Crippen molar-refractivity contribution in [1.82, 2.24) is 20.4 Å². The second-order valence-corrected chi connectivity index (χ2v) is 3.14. The first-order valence-electron chi connectivity index (χ1n) is 4.91. The molecule has 1 aromatic heterocycles. The molecule has 0 aliphatic heterocycles. The molecule has 2 aromatic rings. The summed E-state index contributed by atoms with van der Waals surface area (Å²) in [6.07, 6.45) is 0. The Morgan fingerprint density at radius 2 is 1.56 bits per heavy atom. The van der Waals surface area contributed by atoms with Crippen LogP contribution in [0, 0.1) is 0 Å². The largest absolute Gasteiger partial charge is 0.355 e. The van der Waals surface area contributed by atoms with Gasteiger partial charge in [-0.3, -0.25) is 0 Å². The minimum Gasteiger partial charge on any atom is -0.355 e. The SMILES string of the molecule is CNc1nnc(NCc2ccccc2)nn1. The normalized spacial score (nSPS) is 9.81. The van der Waals surface area contributed by atoms with E-state index in [0.717, 1.165) is 5.56 Å². The topological polar surface area (TPSA) is 75.6 Å². The first-order chi connectivity index (χ1) is 7.88. The van der Waals surface area contributed by atoms with E-state index in [9.17, 15) is 0 Å². The lowest BCUT2D eigenvalue weighted by atomic mass is 10.2. The maximum Gasteiger partial charge on any atom is 0.262 e. The van der Waals surface area contributed by atoms with Crippen molar-refractivity contribution in [2.45, 2.75) is 6.54 Å². The van der Waals surface area contributed by atoms with Gasteiger partial charge in [-0.25, -0.2) is 0 Å². The third-order valence-electron chi connectivity index (χ3n) is 2.00. The first-order valence-corrected chi connectivity index (χ1v) is 4.91. The highest BCUT2D eigenvalue weighted by Crippen LogP contribution is 2.02. The fourth-order valence-electron chi connectivity index (χ4n) is 1.18. The molecule has 0 bridgehead atoms. The standard InChI is InChI=1S/C10H12N6/c1-11-9-13-15-10(16-14-9)12-7-8-5-3-2-4-6-8/h2-6H,7H2,1H3,(H,11,13,14)(H,12,15,16). The maximum absolute atomic E-state index is 3.87. The molecule has 0 atom stereocenters. The van der Waals surface area contributed by atoms with Crippen molar-refractivity contribution in [1.29, 1.82) is 0 Å². The maximum atomic E-state index is 3.87. The summed E-state index contributed by atoms with van der Waals surface area (Å²) in [5, 5.41) is 21.1. The second kappa shape index (κ2) is 5.01. The molecule has 0 unspecified atom stereocenters. The van der Waals surface area contributed by atoms with Crippen LogP contribution in [0.15, 0.2) is 30.3 Å². The molecule has 0 radical (unpaired) electrons. The van der Waals surface area contributed by atoms with Crippen molar-refractivity contribution in [3.63, 3.8) is 0 Å². The van der Waals surface area contributed by atoms with Crippen LogP contribution in [-0.2, 0) is 6.54 Å². The Labute approximate surface area is 93.1 Å². The predicted octanol–water partition coefficient (Wildman–Crippen LogP) is 0.920. The van der Waals surface area contributed by atoms with Crippen LogP contribution in [0.25, 0.3) is 0 Å². The fraction of sp³-hybridized carbons (Fsp3) is 0.200. The number of hydrogen-bond donors (Lipinski definition) is 2. The number of benzene rings is 1.